The van der Waals surface area contributed by atoms with Gasteiger partial charge in [0.05, 0.1) is 24.8 Å². The monoisotopic (exact) mass is 554 g/mol. The molecule has 0 aromatic heterocycles. The normalized spacial score (nSPS) is 19.1. The first-order valence-electron chi connectivity index (χ1n) is 14.4. The zero-order valence-electron chi connectivity index (χ0n) is 23.8. The first kappa shape index (κ1) is 28.6. The van der Waals surface area contributed by atoms with Crippen molar-refractivity contribution in [2.75, 3.05) is 39.4 Å². The molecule has 0 aliphatic carbocycles. The van der Waals surface area contributed by atoms with Crippen molar-refractivity contribution in [2.45, 2.75) is 39.3 Å². The van der Waals surface area contributed by atoms with Crippen LogP contribution in [-0.4, -0.2) is 66.0 Å². The van der Waals surface area contributed by atoms with Gasteiger partial charge in [0.2, 0.25) is 0 Å². The van der Waals surface area contributed by atoms with Crippen LogP contribution in [0.4, 0.5) is 0 Å². The number of Topliss-reactive ketones (excluding diaryl/α,β-unsaturated/α-hetero) is 1. The van der Waals surface area contributed by atoms with Gasteiger partial charge in [-0.2, -0.15) is 0 Å². The van der Waals surface area contributed by atoms with Crippen LogP contribution in [0, 0.1) is 6.92 Å². The molecule has 41 heavy (non-hydrogen) atoms. The highest BCUT2D eigenvalue weighted by Gasteiger charge is 2.45. The molecule has 2 fully saturated rings. The summed E-state index contributed by atoms with van der Waals surface area (Å²) in [5, 5.41) is 11.5. The van der Waals surface area contributed by atoms with Gasteiger partial charge in [-0.15, -0.1) is 0 Å². The second kappa shape index (κ2) is 13.1. The lowest BCUT2D eigenvalue weighted by atomic mass is 9.94. The number of nitrogens with zero attached hydrogens (tertiary/aromatic N) is 2. The van der Waals surface area contributed by atoms with Crippen molar-refractivity contribution in [1.29, 1.82) is 0 Å². The molecule has 2 heterocycles. The van der Waals surface area contributed by atoms with E-state index in [9.17, 15) is 14.7 Å². The molecule has 0 saturated carbocycles. The highest BCUT2D eigenvalue weighted by molar-refractivity contribution is 6.46. The number of likely N-dealkylation sites (tertiary alicyclic amines) is 1. The van der Waals surface area contributed by atoms with E-state index < -0.39 is 17.7 Å². The van der Waals surface area contributed by atoms with Crippen LogP contribution >= 0.6 is 0 Å². The zero-order chi connectivity index (χ0) is 28.8. The van der Waals surface area contributed by atoms with Crippen molar-refractivity contribution < 1.29 is 24.2 Å². The Morgan fingerprint density at radius 1 is 0.951 bits per heavy atom. The van der Waals surface area contributed by atoms with Gasteiger partial charge in [-0.1, -0.05) is 61.5 Å². The topological polar surface area (TPSA) is 79.3 Å². The number of ether oxygens (including phenoxy) is 2. The van der Waals surface area contributed by atoms with Crippen LogP contribution in [0.5, 0.6) is 5.75 Å². The third-order valence-electron chi connectivity index (χ3n) is 7.91. The summed E-state index contributed by atoms with van der Waals surface area (Å²) >= 11 is 0. The zero-order valence-corrected chi connectivity index (χ0v) is 23.8. The minimum Gasteiger partial charge on any atom is -0.507 e. The molecule has 7 heteroatoms. The standard InChI is InChI=1S/C34H38N2O5/c1-3-25-10-12-27(13-11-25)31-30(33(38)34(39)36(31)17-7-16-35-18-20-40-21-19-35)32(37)28-14-15-29(24(2)22-28)41-23-26-8-5-4-6-9-26/h4-6,8-15,22,31,37H,3,7,16-21,23H2,1-2H3. The molecule has 1 unspecified atom stereocenters. The summed E-state index contributed by atoms with van der Waals surface area (Å²) in [4.78, 5) is 30.8. The van der Waals surface area contributed by atoms with E-state index in [2.05, 4.69) is 11.8 Å². The average Bonchev–Trinajstić information content (AvgIpc) is 3.26. The van der Waals surface area contributed by atoms with Gasteiger partial charge in [0.15, 0.2) is 0 Å². The van der Waals surface area contributed by atoms with Gasteiger partial charge in [0, 0.05) is 31.7 Å². The van der Waals surface area contributed by atoms with Crippen LogP contribution in [0.3, 0.4) is 0 Å². The van der Waals surface area contributed by atoms with Gasteiger partial charge in [-0.25, -0.2) is 0 Å². The number of hydrogen-bond acceptors (Lipinski definition) is 6. The maximum absolute atomic E-state index is 13.5. The van der Waals surface area contributed by atoms with Gasteiger partial charge in [0.25, 0.3) is 11.7 Å². The van der Waals surface area contributed by atoms with E-state index in [0.29, 0.717) is 37.7 Å². The Labute approximate surface area is 242 Å². The lowest BCUT2D eigenvalue weighted by Gasteiger charge is -2.29. The summed E-state index contributed by atoms with van der Waals surface area (Å²) in [6.07, 6.45) is 1.61. The number of benzene rings is 3. The molecular formula is C34H38N2O5. The fraction of sp³-hybridized carbons (Fsp3) is 0.353. The predicted molar refractivity (Wildman–Crippen MR) is 159 cm³/mol. The van der Waals surface area contributed by atoms with Gasteiger partial charge >= 0.3 is 0 Å². The average molecular weight is 555 g/mol. The van der Waals surface area contributed by atoms with Gasteiger partial charge < -0.3 is 19.5 Å². The van der Waals surface area contributed by atoms with Crippen LogP contribution in [0.25, 0.3) is 5.76 Å². The summed E-state index contributed by atoms with van der Waals surface area (Å²) in [5.74, 6) is -0.694. The second-order valence-electron chi connectivity index (χ2n) is 10.6. The van der Waals surface area contributed by atoms with E-state index in [1.54, 1.807) is 23.1 Å². The number of aryl methyl sites for hydroxylation is 2. The Morgan fingerprint density at radius 3 is 2.37 bits per heavy atom. The number of ketones is 1. The lowest BCUT2D eigenvalue weighted by molar-refractivity contribution is -0.140. The quantitative estimate of drug-likeness (QED) is 0.209. The van der Waals surface area contributed by atoms with Gasteiger partial charge in [-0.3, -0.25) is 14.5 Å². The highest BCUT2D eigenvalue weighted by atomic mass is 16.5. The van der Waals surface area contributed by atoms with E-state index in [-0.39, 0.29) is 11.3 Å². The number of rotatable bonds is 10. The largest absolute Gasteiger partial charge is 0.507 e. The molecule has 1 amide bonds. The van der Waals surface area contributed by atoms with E-state index in [1.165, 1.54) is 5.56 Å². The summed E-state index contributed by atoms with van der Waals surface area (Å²) in [6.45, 7) is 8.81. The predicted octanol–water partition coefficient (Wildman–Crippen LogP) is 5.28. The molecule has 2 aliphatic rings. The fourth-order valence-corrected chi connectivity index (χ4v) is 5.53. The number of morpholine rings is 1. The van der Waals surface area contributed by atoms with Crippen LogP contribution < -0.4 is 4.74 Å². The molecule has 0 radical (unpaired) electrons. The Kier molecular flexibility index (Phi) is 9.17. The third kappa shape index (κ3) is 6.53. The van der Waals surface area contributed by atoms with Crippen LogP contribution in [0.15, 0.2) is 78.4 Å². The second-order valence-corrected chi connectivity index (χ2v) is 10.6. The number of carbonyl (C=O) groups excluding carboxylic acids is 2. The van der Waals surface area contributed by atoms with E-state index in [1.807, 2.05) is 61.5 Å². The molecule has 1 N–H and O–H groups in total. The number of carbonyl (C=O) groups is 2. The van der Waals surface area contributed by atoms with Crippen molar-refractivity contribution in [1.82, 2.24) is 9.80 Å². The van der Waals surface area contributed by atoms with Crippen molar-refractivity contribution >= 4 is 17.4 Å². The lowest BCUT2D eigenvalue weighted by Crippen LogP contribution is -2.38. The van der Waals surface area contributed by atoms with E-state index >= 15 is 0 Å². The maximum atomic E-state index is 13.5. The Balaban J connectivity index is 1.42. The molecule has 0 bridgehead atoms. The highest BCUT2D eigenvalue weighted by Crippen LogP contribution is 2.40. The van der Waals surface area contributed by atoms with Crippen LogP contribution in [-0.2, 0) is 27.4 Å². The number of amides is 1. The summed E-state index contributed by atoms with van der Waals surface area (Å²) in [7, 11) is 0. The molecule has 1 atom stereocenters. The summed E-state index contributed by atoms with van der Waals surface area (Å²) in [6, 6.07) is 22.6. The van der Waals surface area contributed by atoms with E-state index in [4.69, 9.17) is 9.47 Å². The summed E-state index contributed by atoms with van der Waals surface area (Å²) in [5.41, 5.74) is 4.47. The molecule has 2 saturated heterocycles. The first-order valence-corrected chi connectivity index (χ1v) is 14.4. The van der Waals surface area contributed by atoms with Crippen LogP contribution in [0.1, 0.15) is 47.2 Å². The van der Waals surface area contributed by atoms with Crippen molar-refractivity contribution in [3.63, 3.8) is 0 Å². The fourth-order valence-electron chi connectivity index (χ4n) is 5.53. The first-order chi connectivity index (χ1) is 20.0. The molecule has 2 aliphatic heterocycles. The van der Waals surface area contributed by atoms with Crippen molar-refractivity contribution in [3.8, 4) is 5.75 Å². The van der Waals surface area contributed by atoms with Gasteiger partial charge in [0.1, 0.15) is 18.1 Å². The van der Waals surface area contributed by atoms with Crippen molar-refractivity contribution in [2.24, 2.45) is 0 Å². The molecular weight excluding hydrogens is 516 g/mol. The summed E-state index contributed by atoms with van der Waals surface area (Å²) < 4.78 is 11.4. The van der Waals surface area contributed by atoms with Gasteiger partial charge in [-0.05, 0) is 60.2 Å². The van der Waals surface area contributed by atoms with Crippen molar-refractivity contribution in [3.05, 3.63) is 106 Å². The number of aliphatic hydroxyl groups excluding tert-OH is 1. The molecule has 214 valence electrons. The molecule has 3 aromatic rings. The number of hydrogen-bond donors (Lipinski definition) is 1. The SMILES string of the molecule is CCc1ccc(C2C(=C(O)c3ccc(OCc4ccccc4)c(C)c3)C(=O)C(=O)N2CCCN2CCOCC2)cc1. The molecule has 7 nitrogen and oxygen atoms in total. The Morgan fingerprint density at radius 2 is 1.68 bits per heavy atom. The van der Waals surface area contributed by atoms with E-state index in [0.717, 1.165) is 49.2 Å². The minimum atomic E-state index is -0.653. The molecule has 3 aromatic carbocycles. The molecule has 0 spiro atoms. The van der Waals surface area contributed by atoms with Crippen LogP contribution in [0.2, 0.25) is 0 Å². The Bertz CT molecular complexity index is 1390. The number of aliphatic hydroxyl groups is 1. The maximum Gasteiger partial charge on any atom is 0.295 e. The Hall–Kier alpha value is -3.94. The minimum absolute atomic E-state index is 0.128. The third-order valence-corrected chi connectivity index (χ3v) is 7.91. The smallest absolute Gasteiger partial charge is 0.295 e. The molecule has 5 rings (SSSR count).